The molecular weight excluding hydrogens is 218 g/mol. The van der Waals surface area contributed by atoms with Gasteiger partial charge in [0.15, 0.2) is 0 Å². The molecule has 1 aromatic heterocycles. The number of hydrogen-bond acceptors (Lipinski definition) is 4. The summed E-state index contributed by atoms with van der Waals surface area (Å²) in [6.07, 6.45) is 6.35. The van der Waals surface area contributed by atoms with Crippen LogP contribution in [0.2, 0.25) is 0 Å². The summed E-state index contributed by atoms with van der Waals surface area (Å²) in [5, 5.41) is 18.0. The minimum atomic E-state index is -0.514. The molecule has 0 radical (unpaired) electrons. The number of aromatic nitrogens is 3. The highest BCUT2D eigenvalue weighted by Crippen LogP contribution is 2.24. The zero-order valence-electron chi connectivity index (χ0n) is 10.4. The quantitative estimate of drug-likeness (QED) is 0.849. The second kappa shape index (κ2) is 6.12. The van der Waals surface area contributed by atoms with Gasteiger partial charge in [-0.3, -0.25) is 0 Å². The van der Waals surface area contributed by atoms with Crippen LogP contribution in [0.5, 0.6) is 0 Å². The first-order valence-corrected chi connectivity index (χ1v) is 6.49. The molecule has 1 fully saturated rings. The van der Waals surface area contributed by atoms with Gasteiger partial charge in [0.1, 0.15) is 0 Å². The number of hydrogen-bond donors (Lipinski definition) is 1. The fraction of sp³-hybridized carbons (Fsp3) is 0.833. The molecule has 0 aromatic carbocycles. The largest absolute Gasteiger partial charge is 0.387 e. The fourth-order valence-corrected chi connectivity index (χ4v) is 2.27. The van der Waals surface area contributed by atoms with Gasteiger partial charge < -0.3 is 9.84 Å². The topological polar surface area (TPSA) is 60.2 Å². The third kappa shape index (κ3) is 3.26. The van der Waals surface area contributed by atoms with Crippen molar-refractivity contribution in [3.05, 3.63) is 11.9 Å². The molecule has 2 atom stereocenters. The molecule has 0 bridgehead atoms. The summed E-state index contributed by atoms with van der Waals surface area (Å²) >= 11 is 0. The Morgan fingerprint density at radius 2 is 2.47 bits per heavy atom. The first kappa shape index (κ1) is 12.5. The van der Waals surface area contributed by atoms with E-state index in [9.17, 15) is 5.11 Å². The Hall–Kier alpha value is -0.940. The molecule has 5 heteroatoms. The summed E-state index contributed by atoms with van der Waals surface area (Å²) in [6.45, 7) is 3.71. The smallest absolute Gasteiger partial charge is 0.0997 e. The highest BCUT2D eigenvalue weighted by atomic mass is 16.5. The third-order valence-corrected chi connectivity index (χ3v) is 3.18. The molecule has 2 rings (SSSR count). The number of aliphatic hydroxyl groups is 1. The molecule has 1 N–H and O–H groups in total. The van der Waals surface area contributed by atoms with Crippen LogP contribution in [0.4, 0.5) is 0 Å². The molecule has 17 heavy (non-hydrogen) atoms. The zero-order valence-corrected chi connectivity index (χ0v) is 10.4. The van der Waals surface area contributed by atoms with Crippen molar-refractivity contribution in [1.29, 1.82) is 0 Å². The molecular formula is C12H21N3O2. The first-order chi connectivity index (χ1) is 8.31. The molecule has 1 aliphatic heterocycles. The normalized spacial score (nSPS) is 22.6. The Kier molecular flexibility index (Phi) is 4.50. The molecule has 0 amide bonds. The highest BCUT2D eigenvalue weighted by Gasteiger charge is 2.21. The Morgan fingerprint density at radius 1 is 1.59 bits per heavy atom. The van der Waals surface area contributed by atoms with Gasteiger partial charge in [-0.2, -0.15) is 0 Å². The van der Waals surface area contributed by atoms with Gasteiger partial charge >= 0.3 is 0 Å². The van der Waals surface area contributed by atoms with E-state index < -0.39 is 6.10 Å². The Balaban J connectivity index is 1.93. The predicted octanol–water partition coefficient (Wildman–Crippen LogP) is 1.68. The van der Waals surface area contributed by atoms with E-state index in [-0.39, 0.29) is 6.10 Å². The van der Waals surface area contributed by atoms with E-state index in [1.807, 2.05) is 0 Å². The molecule has 0 spiro atoms. The lowest BCUT2D eigenvalue weighted by atomic mass is 10.0. The van der Waals surface area contributed by atoms with Gasteiger partial charge in [0.25, 0.3) is 0 Å². The molecule has 0 saturated carbocycles. The van der Waals surface area contributed by atoms with Crippen molar-refractivity contribution in [1.82, 2.24) is 15.0 Å². The maximum absolute atomic E-state index is 10.2. The second-order valence-electron chi connectivity index (χ2n) is 4.62. The van der Waals surface area contributed by atoms with Crippen LogP contribution in [0.3, 0.4) is 0 Å². The zero-order chi connectivity index (χ0) is 12.1. The van der Waals surface area contributed by atoms with Crippen molar-refractivity contribution < 1.29 is 9.84 Å². The van der Waals surface area contributed by atoms with Crippen LogP contribution in [0.1, 0.15) is 50.8 Å². The molecule has 0 aliphatic carbocycles. The van der Waals surface area contributed by atoms with Crippen LogP contribution in [0, 0.1) is 0 Å². The van der Waals surface area contributed by atoms with E-state index in [0.29, 0.717) is 6.42 Å². The third-order valence-electron chi connectivity index (χ3n) is 3.18. The summed E-state index contributed by atoms with van der Waals surface area (Å²) < 4.78 is 7.42. The van der Waals surface area contributed by atoms with Crippen LogP contribution < -0.4 is 0 Å². The lowest BCUT2D eigenvalue weighted by molar-refractivity contribution is -0.0171. The summed E-state index contributed by atoms with van der Waals surface area (Å²) in [6, 6.07) is 0. The average Bonchev–Trinajstić information content (AvgIpc) is 2.79. The van der Waals surface area contributed by atoms with Gasteiger partial charge in [-0.05, 0) is 25.7 Å². The first-order valence-electron chi connectivity index (χ1n) is 6.49. The molecule has 1 aliphatic rings. The minimum absolute atomic E-state index is 0.184. The summed E-state index contributed by atoms with van der Waals surface area (Å²) in [7, 11) is 0. The van der Waals surface area contributed by atoms with E-state index in [2.05, 4.69) is 17.2 Å². The van der Waals surface area contributed by atoms with E-state index in [0.717, 1.165) is 38.1 Å². The van der Waals surface area contributed by atoms with Crippen LogP contribution in [0.25, 0.3) is 0 Å². The predicted molar refractivity (Wildman–Crippen MR) is 63.5 cm³/mol. The minimum Gasteiger partial charge on any atom is -0.387 e. The van der Waals surface area contributed by atoms with Crippen LogP contribution in [-0.2, 0) is 11.3 Å². The van der Waals surface area contributed by atoms with Crippen molar-refractivity contribution in [3.63, 3.8) is 0 Å². The number of nitrogens with zero attached hydrogens (tertiary/aromatic N) is 3. The molecule has 2 unspecified atom stereocenters. The van der Waals surface area contributed by atoms with Gasteiger partial charge in [0.2, 0.25) is 0 Å². The molecule has 96 valence electrons. The standard InChI is InChI=1S/C12H21N3O2/c1-2-6-15-11(9-13-14-15)12(16)8-10-5-3-4-7-17-10/h9-10,12,16H,2-8H2,1H3. The Labute approximate surface area is 102 Å². The second-order valence-corrected chi connectivity index (χ2v) is 4.62. The number of aliphatic hydroxyl groups excluding tert-OH is 1. The van der Waals surface area contributed by atoms with Crippen molar-refractivity contribution >= 4 is 0 Å². The van der Waals surface area contributed by atoms with E-state index in [1.165, 1.54) is 6.42 Å². The van der Waals surface area contributed by atoms with E-state index >= 15 is 0 Å². The van der Waals surface area contributed by atoms with Gasteiger partial charge in [0.05, 0.1) is 24.1 Å². The van der Waals surface area contributed by atoms with E-state index in [1.54, 1.807) is 10.9 Å². The highest BCUT2D eigenvalue weighted by molar-refractivity contribution is 4.99. The van der Waals surface area contributed by atoms with Crippen molar-refractivity contribution in [2.75, 3.05) is 6.61 Å². The fourth-order valence-electron chi connectivity index (χ4n) is 2.27. The molecule has 2 heterocycles. The molecule has 1 aromatic rings. The summed E-state index contributed by atoms with van der Waals surface area (Å²) in [5.41, 5.74) is 0.807. The SMILES string of the molecule is CCCn1nncc1C(O)CC1CCCCO1. The van der Waals surface area contributed by atoms with Crippen molar-refractivity contribution in [3.8, 4) is 0 Å². The maximum atomic E-state index is 10.2. The van der Waals surface area contributed by atoms with Gasteiger partial charge in [-0.15, -0.1) is 5.10 Å². The number of rotatable bonds is 5. The average molecular weight is 239 g/mol. The summed E-state index contributed by atoms with van der Waals surface area (Å²) in [4.78, 5) is 0. The Bertz CT molecular complexity index is 334. The lowest BCUT2D eigenvalue weighted by Gasteiger charge is -2.24. The number of ether oxygens (including phenoxy) is 1. The molecule has 5 nitrogen and oxygen atoms in total. The van der Waals surface area contributed by atoms with Crippen LogP contribution >= 0.6 is 0 Å². The maximum Gasteiger partial charge on any atom is 0.0997 e. The van der Waals surface area contributed by atoms with Gasteiger partial charge in [0, 0.05) is 19.6 Å². The Morgan fingerprint density at radius 3 is 3.18 bits per heavy atom. The van der Waals surface area contributed by atoms with Crippen LogP contribution in [-0.4, -0.2) is 32.8 Å². The lowest BCUT2D eigenvalue weighted by Crippen LogP contribution is -2.22. The molecule has 1 saturated heterocycles. The van der Waals surface area contributed by atoms with Crippen molar-refractivity contribution in [2.45, 2.75) is 57.8 Å². The van der Waals surface area contributed by atoms with Crippen LogP contribution in [0.15, 0.2) is 6.20 Å². The number of aryl methyl sites for hydroxylation is 1. The summed E-state index contributed by atoms with van der Waals surface area (Å²) in [5.74, 6) is 0. The van der Waals surface area contributed by atoms with Crippen molar-refractivity contribution in [2.24, 2.45) is 0 Å². The van der Waals surface area contributed by atoms with Gasteiger partial charge in [-0.1, -0.05) is 12.1 Å². The van der Waals surface area contributed by atoms with Gasteiger partial charge in [-0.25, -0.2) is 4.68 Å². The van der Waals surface area contributed by atoms with E-state index in [4.69, 9.17) is 4.74 Å². The monoisotopic (exact) mass is 239 g/mol.